The van der Waals surface area contributed by atoms with Crippen molar-refractivity contribution in [1.82, 2.24) is 9.97 Å². The summed E-state index contributed by atoms with van der Waals surface area (Å²) in [6, 6.07) is 4.48. The molecule has 0 aliphatic rings. The van der Waals surface area contributed by atoms with Gasteiger partial charge in [0, 0.05) is 10.0 Å². The van der Waals surface area contributed by atoms with E-state index in [9.17, 15) is 9.50 Å². The number of imidazole rings is 1. The van der Waals surface area contributed by atoms with Crippen molar-refractivity contribution in [2.75, 3.05) is 0 Å². The number of hydrogen-bond donors (Lipinski definition) is 2. The van der Waals surface area contributed by atoms with Crippen LogP contribution in [0.1, 0.15) is 25.5 Å². The average Bonchev–Trinajstić information content (AvgIpc) is 2.59. The fourth-order valence-corrected chi connectivity index (χ4v) is 2.07. The molecule has 0 aliphatic carbocycles. The summed E-state index contributed by atoms with van der Waals surface area (Å²) in [6.45, 7) is 3.89. The molecular formula is C12H12BrFN2O. The minimum Gasteiger partial charge on any atom is -0.492 e. The molecular weight excluding hydrogens is 287 g/mol. The van der Waals surface area contributed by atoms with Crippen molar-refractivity contribution in [1.29, 1.82) is 0 Å². The Morgan fingerprint density at radius 1 is 1.35 bits per heavy atom. The quantitative estimate of drug-likeness (QED) is 0.886. The Morgan fingerprint density at radius 3 is 2.59 bits per heavy atom. The Morgan fingerprint density at radius 2 is 2.06 bits per heavy atom. The smallest absolute Gasteiger partial charge is 0.233 e. The van der Waals surface area contributed by atoms with Crippen LogP contribution >= 0.6 is 15.9 Å². The van der Waals surface area contributed by atoms with Gasteiger partial charge in [-0.1, -0.05) is 29.8 Å². The van der Waals surface area contributed by atoms with E-state index in [0.29, 0.717) is 21.6 Å². The highest BCUT2D eigenvalue weighted by molar-refractivity contribution is 9.10. The Kier molecular flexibility index (Phi) is 3.19. The van der Waals surface area contributed by atoms with Crippen LogP contribution < -0.4 is 0 Å². The maximum absolute atomic E-state index is 13.2. The van der Waals surface area contributed by atoms with Gasteiger partial charge in [0.25, 0.3) is 0 Å². The average molecular weight is 299 g/mol. The number of aromatic hydroxyl groups is 1. The molecule has 90 valence electrons. The third-order valence-electron chi connectivity index (χ3n) is 2.43. The maximum atomic E-state index is 13.2. The molecule has 1 heterocycles. The molecule has 1 aromatic heterocycles. The van der Waals surface area contributed by atoms with Gasteiger partial charge in [-0.3, -0.25) is 0 Å². The molecule has 0 aliphatic heterocycles. The summed E-state index contributed by atoms with van der Waals surface area (Å²) < 4.78 is 13.9. The normalized spacial score (nSPS) is 11.1. The first kappa shape index (κ1) is 12.1. The molecule has 0 saturated heterocycles. The molecule has 0 atom stereocenters. The van der Waals surface area contributed by atoms with Crippen LogP contribution in [0.4, 0.5) is 4.39 Å². The van der Waals surface area contributed by atoms with E-state index < -0.39 is 0 Å². The molecule has 2 N–H and O–H groups in total. The number of benzene rings is 1. The van der Waals surface area contributed by atoms with Crippen molar-refractivity contribution in [2.24, 2.45) is 0 Å². The number of aromatic amines is 1. The zero-order chi connectivity index (χ0) is 12.6. The number of nitrogens with zero attached hydrogens (tertiary/aromatic N) is 1. The highest BCUT2D eigenvalue weighted by Crippen LogP contribution is 2.28. The summed E-state index contributed by atoms with van der Waals surface area (Å²) in [4.78, 5) is 7.00. The fourth-order valence-electron chi connectivity index (χ4n) is 1.61. The molecule has 0 unspecified atom stereocenters. The molecule has 17 heavy (non-hydrogen) atoms. The van der Waals surface area contributed by atoms with E-state index in [1.165, 1.54) is 12.1 Å². The highest BCUT2D eigenvalue weighted by atomic mass is 79.9. The zero-order valence-electron chi connectivity index (χ0n) is 9.46. The minimum atomic E-state index is -0.351. The largest absolute Gasteiger partial charge is 0.492 e. The SMILES string of the molecule is CC(C)c1[nH]c(-c2cc(F)cc(Br)c2)nc1O. The van der Waals surface area contributed by atoms with Crippen molar-refractivity contribution < 1.29 is 9.50 Å². The van der Waals surface area contributed by atoms with E-state index in [1.54, 1.807) is 6.07 Å². The van der Waals surface area contributed by atoms with E-state index in [0.717, 1.165) is 0 Å². The van der Waals surface area contributed by atoms with Crippen LogP contribution in [0, 0.1) is 5.82 Å². The number of H-pyrrole nitrogens is 1. The second-order valence-corrected chi connectivity index (χ2v) is 5.05. The number of halogens is 2. The third-order valence-corrected chi connectivity index (χ3v) is 2.88. The van der Waals surface area contributed by atoms with Crippen LogP contribution in [0.5, 0.6) is 5.88 Å². The molecule has 0 amide bonds. The molecule has 0 bridgehead atoms. The van der Waals surface area contributed by atoms with E-state index >= 15 is 0 Å². The lowest BCUT2D eigenvalue weighted by molar-refractivity contribution is 0.446. The van der Waals surface area contributed by atoms with Crippen LogP contribution in [0.15, 0.2) is 22.7 Å². The van der Waals surface area contributed by atoms with Gasteiger partial charge in [-0.2, -0.15) is 4.98 Å². The third kappa shape index (κ3) is 2.49. The van der Waals surface area contributed by atoms with Crippen LogP contribution in [-0.4, -0.2) is 15.1 Å². The first-order chi connectivity index (χ1) is 7.97. The van der Waals surface area contributed by atoms with Gasteiger partial charge in [-0.15, -0.1) is 0 Å². The lowest BCUT2D eigenvalue weighted by Crippen LogP contribution is -1.88. The second kappa shape index (κ2) is 4.49. The molecule has 0 radical (unpaired) electrons. The van der Waals surface area contributed by atoms with Gasteiger partial charge in [0.05, 0.1) is 5.69 Å². The van der Waals surface area contributed by atoms with Crippen LogP contribution in [0.2, 0.25) is 0 Å². The predicted octanol–water partition coefficient (Wildman–Crippen LogP) is 3.81. The van der Waals surface area contributed by atoms with Gasteiger partial charge >= 0.3 is 0 Å². The van der Waals surface area contributed by atoms with Crippen LogP contribution in [0.25, 0.3) is 11.4 Å². The Balaban J connectivity index is 2.49. The second-order valence-electron chi connectivity index (χ2n) is 4.14. The summed E-state index contributed by atoms with van der Waals surface area (Å²) >= 11 is 3.22. The molecule has 0 fully saturated rings. The summed E-state index contributed by atoms with van der Waals surface area (Å²) in [5.74, 6) is 0.214. The molecule has 5 heteroatoms. The number of rotatable bonds is 2. The summed E-state index contributed by atoms with van der Waals surface area (Å²) in [5.41, 5.74) is 1.25. The molecule has 3 nitrogen and oxygen atoms in total. The zero-order valence-corrected chi connectivity index (χ0v) is 11.0. The first-order valence-corrected chi connectivity index (χ1v) is 6.02. The maximum Gasteiger partial charge on any atom is 0.233 e. The molecule has 1 aromatic carbocycles. The van der Waals surface area contributed by atoms with Gasteiger partial charge in [0.15, 0.2) is 0 Å². The Bertz CT molecular complexity index is 531. The lowest BCUT2D eigenvalue weighted by Gasteiger charge is -2.00. The van der Waals surface area contributed by atoms with E-state index in [2.05, 4.69) is 25.9 Å². The number of hydrogen-bond acceptors (Lipinski definition) is 2. The monoisotopic (exact) mass is 298 g/mol. The summed E-state index contributed by atoms with van der Waals surface area (Å²) in [6.07, 6.45) is 0. The van der Waals surface area contributed by atoms with Crippen molar-refractivity contribution >= 4 is 15.9 Å². The standard InChI is InChI=1S/C12H12BrFN2O/c1-6(2)10-12(17)16-11(15-10)7-3-8(13)5-9(14)4-7/h3-6,17H,1-2H3,(H,15,16). The van der Waals surface area contributed by atoms with Gasteiger partial charge in [-0.05, 0) is 24.1 Å². The number of aromatic nitrogens is 2. The highest BCUT2D eigenvalue weighted by Gasteiger charge is 2.14. The molecule has 2 rings (SSSR count). The van der Waals surface area contributed by atoms with E-state index in [4.69, 9.17) is 0 Å². The molecule has 0 saturated carbocycles. The predicted molar refractivity (Wildman–Crippen MR) is 67.4 cm³/mol. The fraction of sp³-hybridized carbons (Fsp3) is 0.250. The van der Waals surface area contributed by atoms with Crippen LogP contribution in [-0.2, 0) is 0 Å². The molecule has 2 aromatic rings. The van der Waals surface area contributed by atoms with Crippen molar-refractivity contribution in [3.05, 3.63) is 34.2 Å². The van der Waals surface area contributed by atoms with E-state index in [1.807, 2.05) is 13.8 Å². The first-order valence-electron chi connectivity index (χ1n) is 5.22. The lowest BCUT2D eigenvalue weighted by atomic mass is 10.1. The topological polar surface area (TPSA) is 48.9 Å². The van der Waals surface area contributed by atoms with Crippen molar-refractivity contribution in [3.8, 4) is 17.3 Å². The minimum absolute atomic E-state index is 0.0321. The Labute approximate surface area is 107 Å². The Hall–Kier alpha value is -1.36. The van der Waals surface area contributed by atoms with Gasteiger partial charge < -0.3 is 10.1 Å². The summed E-state index contributed by atoms with van der Waals surface area (Å²) in [7, 11) is 0. The van der Waals surface area contributed by atoms with Gasteiger partial charge in [0.2, 0.25) is 5.88 Å². The van der Waals surface area contributed by atoms with E-state index in [-0.39, 0.29) is 17.6 Å². The number of nitrogens with one attached hydrogen (secondary N) is 1. The van der Waals surface area contributed by atoms with Gasteiger partial charge in [0.1, 0.15) is 11.6 Å². The van der Waals surface area contributed by atoms with Crippen LogP contribution in [0.3, 0.4) is 0 Å². The summed E-state index contributed by atoms with van der Waals surface area (Å²) in [5, 5.41) is 9.65. The van der Waals surface area contributed by atoms with Crippen molar-refractivity contribution in [2.45, 2.75) is 19.8 Å². The van der Waals surface area contributed by atoms with Gasteiger partial charge in [-0.25, -0.2) is 4.39 Å². The van der Waals surface area contributed by atoms with Crippen molar-refractivity contribution in [3.63, 3.8) is 0 Å². The molecule has 0 spiro atoms.